The second-order valence-corrected chi connectivity index (χ2v) is 15.5. The van der Waals surface area contributed by atoms with Gasteiger partial charge in [0.05, 0.1) is 25.4 Å². The van der Waals surface area contributed by atoms with Crippen molar-refractivity contribution < 1.29 is 39.8 Å². The molecule has 9 heteroatoms. The van der Waals surface area contributed by atoms with Crippen molar-refractivity contribution in [2.24, 2.45) is 0 Å². The van der Waals surface area contributed by atoms with Crippen molar-refractivity contribution in [2.75, 3.05) is 13.2 Å². The van der Waals surface area contributed by atoms with Crippen molar-refractivity contribution in [3.63, 3.8) is 0 Å². The van der Waals surface area contributed by atoms with Gasteiger partial charge in [-0.3, -0.25) is 4.79 Å². The van der Waals surface area contributed by atoms with E-state index in [0.29, 0.717) is 6.42 Å². The summed E-state index contributed by atoms with van der Waals surface area (Å²) in [4.78, 5) is 12.9. The number of hydrogen-bond donors (Lipinski definition) is 6. The topological polar surface area (TPSA) is 149 Å². The van der Waals surface area contributed by atoms with Gasteiger partial charge in [-0.05, 0) is 19.3 Å². The molecule has 1 rings (SSSR count). The van der Waals surface area contributed by atoms with E-state index < -0.39 is 49.5 Å². The Labute approximate surface area is 318 Å². The maximum absolute atomic E-state index is 12.9. The van der Waals surface area contributed by atoms with Crippen LogP contribution in [0.25, 0.3) is 0 Å². The standard InChI is InChI=1S/C43H83NO8/c1-3-5-7-9-11-13-15-17-18-19-21-23-25-27-29-31-33-39(47)44-36(35-51-43-42(50)41(49)40(48)38(34-45)52-43)37(46)32-30-28-26-24-22-20-16-14-12-10-8-6-4-2/h30,32,36-38,40-43,45-46,48-50H,3-29,31,33-35H2,1-2H3,(H,44,47)/b32-30+/t36-,37+,38-,40-,41?,42?,43-/m0/s1. The molecule has 1 aliphatic heterocycles. The predicted octanol–water partition coefficient (Wildman–Crippen LogP) is 8.56. The molecule has 52 heavy (non-hydrogen) atoms. The number of rotatable bonds is 36. The highest BCUT2D eigenvalue weighted by Gasteiger charge is 2.44. The number of hydrogen-bond acceptors (Lipinski definition) is 8. The molecule has 1 fully saturated rings. The summed E-state index contributed by atoms with van der Waals surface area (Å²) in [6.07, 6.45) is 31.0. The molecule has 0 aliphatic carbocycles. The molecule has 1 amide bonds. The molecule has 0 aromatic rings. The Kier molecular flexibility index (Phi) is 32.4. The first-order valence-electron chi connectivity index (χ1n) is 21.9. The lowest BCUT2D eigenvalue weighted by atomic mass is 9.99. The number of amides is 1. The van der Waals surface area contributed by atoms with Crippen LogP contribution in [0, 0.1) is 0 Å². The van der Waals surface area contributed by atoms with E-state index >= 15 is 0 Å². The SMILES string of the molecule is CCCCCCCCCCCCC/C=C/[C@@H](O)[C@H](CO[C@H]1O[C@@H](CO)[C@H](O)C(O)C1O)NC(=O)CCCCCCCCCCCCCCCCCC. The van der Waals surface area contributed by atoms with Crippen LogP contribution in [0.15, 0.2) is 12.2 Å². The summed E-state index contributed by atoms with van der Waals surface area (Å²) in [5.41, 5.74) is 0. The van der Waals surface area contributed by atoms with Gasteiger partial charge in [-0.2, -0.15) is 0 Å². The number of aliphatic hydroxyl groups is 5. The Hall–Kier alpha value is -1.07. The molecule has 308 valence electrons. The van der Waals surface area contributed by atoms with Gasteiger partial charge in [-0.1, -0.05) is 187 Å². The molecule has 0 radical (unpaired) electrons. The van der Waals surface area contributed by atoms with Crippen LogP contribution in [-0.2, 0) is 14.3 Å². The molecule has 0 aromatic heterocycles. The number of nitrogens with one attached hydrogen (secondary N) is 1. The van der Waals surface area contributed by atoms with Crippen molar-refractivity contribution in [1.82, 2.24) is 5.32 Å². The zero-order valence-corrected chi connectivity index (χ0v) is 33.6. The Morgan fingerprint density at radius 3 is 1.50 bits per heavy atom. The molecule has 1 saturated heterocycles. The normalized spacial score (nSPS) is 21.9. The average molecular weight is 742 g/mol. The quantitative estimate of drug-likeness (QED) is 0.0277. The Morgan fingerprint density at radius 2 is 1.06 bits per heavy atom. The summed E-state index contributed by atoms with van der Waals surface area (Å²) in [7, 11) is 0. The summed E-state index contributed by atoms with van der Waals surface area (Å²) in [6, 6.07) is -0.797. The van der Waals surface area contributed by atoms with Crippen LogP contribution in [-0.4, -0.2) is 87.5 Å². The van der Waals surface area contributed by atoms with Crippen LogP contribution >= 0.6 is 0 Å². The minimum absolute atomic E-state index is 0.175. The van der Waals surface area contributed by atoms with Gasteiger partial charge in [0.1, 0.15) is 24.4 Å². The number of allylic oxidation sites excluding steroid dienone is 1. The van der Waals surface area contributed by atoms with E-state index in [9.17, 15) is 30.3 Å². The van der Waals surface area contributed by atoms with Crippen LogP contribution in [0.2, 0.25) is 0 Å². The first-order chi connectivity index (χ1) is 25.3. The lowest BCUT2D eigenvalue weighted by Gasteiger charge is -2.40. The average Bonchev–Trinajstić information content (AvgIpc) is 3.14. The number of ether oxygens (including phenoxy) is 2. The summed E-state index contributed by atoms with van der Waals surface area (Å²) in [5, 5.41) is 54.1. The highest BCUT2D eigenvalue weighted by atomic mass is 16.7. The van der Waals surface area contributed by atoms with E-state index in [-0.39, 0.29) is 12.5 Å². The molecule has 0 aromatic carbocycles. The summed E-state index contributed by atoms with van der Waals surface area (Å²) in [5.74, 6) is -0.175. The van der Waals surface area contributed by atoms with Crippen molar-refractivity contribution >= 4 is 5.91 Å². The van der Waals surface area contributed by atoms with Crippen molar-refractivity contribution in [1.29, 1.82) is 0 Å². The van der Waals surface area contributed by atoms with Crippen LogP contribution in [0.1, 0.15) is 200 Å². The third-order valence-electron chi connectivity index (χ3n) is 10.6. The third-order valence-corrected chi connectivity index (χ3v) is 10.6. The van der Waals surface area contributed by atoms with Crippen molar-refractivity contribution in [3.05, 3.63) is 12.2 Å². The van der Waals surface area contributed by atoms with Gasteiger partial charge < -0.3 is 40.3 Å². The van der Waals surface area contributed by atoms with Gasteiger partial charge in [-0.15, -0.1) is 0 Å². The summed E-state index contributed by atoms with van der Waals surface area (Å²) >= 11 is 0. The summed E-state index contributed by atoms with van der Waals surface area (Å²) < 4.78 is 11.2. The van der Waals surface area contributed by atoms with Crippen molar-refractivity contribution in [2.45, 2.75) is 243 Å². The molecule has 2 unspecified atom stereocenters. The summed E-state index contributed by atoms with van der Waals surface area (Å²) in [6.45, 7) is 3.77. The minimum atomic E-state index is -1.56. The van der Waals surface area contributed by atoms with Gasteiger partial charge in [0.2, 0.25) is 5.91 Å². The Morgan fingerprint density at radius 1 is 0.635 bits per heavy atom. The highest BCUT2D eigenvalue weighted by Crippen LogP contribution is 2.22. The van der Waals surface area contributed by atoms with Gasteiger partial charge in [-0.25, -0.2) is 0 Å². The molecular formula is C43H83NO8. The van der Waals surface area contributed by atoms with E-state index in [4.69, 9.17) is 9.47 Å². The maximum atomic E-state index is 12.9. The predicted molar refractivity (Wildman–Crippen MR) is 212 cm³/mol. The third kappa shape index (κ3) is 25.1. The first kappa shape index (κ1) is 48.9. The molecule has 1 heterocycles. The molecule has 6 N–H and O–H groups in total. The molecule has 1 aliphatic rings. The van der Waals surface area contributed by atoms with E-state index in [1.165, 1.54) is 141 Å². The van der Waals surface area contributed by atoms with Crippen molar-refractivity contribution in [3.8, 4) is 0 Å². The van der Waals surface area contributed by atoms with Gasteiger partial charge in [0, 0.05) is 6.42 Å². The lowest BCUT2D eigenvalue weighted by Crippen LogP contribution is -2.60. The Bertz CT molecular complexity index is 827. The molecular weight excluding hydrogens is 658 g/mol. The Balaban J connectivity index is 2.37. The van der Waals surface area contributed by atoms with E-state index in [1.54, 1.807) is 6.08 Å². The number of carbonyl (C=O) groups is 1. The fourth-order valence-electron chi connectivity index (χ4n) is 7.04. The first-order valence-corrected chi connectivity index (χ1v) is 21.9. The minimum Gasteiger partial charge on any atom is -0.394 e. The number of unbranched alkanes of at least 4 members (excludes halogenated alkanes) is 26. The number of carbonyl (C=O) groups excluding carboxylic acids is 1. The molecule has 0 saturated carbocycles. The maximum Gasteiger partial charge on any atom is 0.220 e. The monoisotopic (exact) mass is 742 g/mol. The van der Waals surface area contributed by atoms with E-state index in [0.717, 1.165) is 38.5 Å². The fourth-order valence-corrected chi connectivity index (χ4v) is 7.04. The second-order valence-electron chi connectivity index (χ2n) is 15.5. The number of aliphatic hydroxyl groups excluding tert-OH is 5. The van der Waals surface area contributed by atoms with Crippen LogP contribution < -0.4 is 5.32 Å². The molecule has 9 nitrogen and oxygen atoms in total. The zero-order chi connectivity index (χ0) is 38.1. The van der Waals surface area contributed by atoms with Gasteiger partial charge in [0.15, 0.2) is 6.29 Å². The van der Waals surface area contributed by atoms with E-state index in [2.05, 4.69) is 19.2 Å². The lowest BCUT2D eigenvalue weighted by molar-refractivity contribution is -0.302. The molecule has 0 spiro atoms. The smallest absolute Gasteiger partial charge is 0.220 e. The zero-order valence-electron chi connectivity index (χ0n) is 33.6. The fraction of sp³-hybridized carbons (Fsp3) is 0.930. The van der Waals surface area contributed by atoms with Crippen LogP contribution in [0.3, 0.4) is 0 Å². The van der Waals surface area contributed by atoms with Gasteiger partial charge >= 0.3 is 0 Å². The second kappa shape index (κ2) is 34.4. The van der Waals surface area contributed by atoms with Crippen LogP contribution in [0.4, 0.5) is 0 Å². The van der Waals surface area contributed by atoms with Crippen LogP contribution in [0.5, 0.6) is 0 Å². The highest BCUT2D eigenvalue weighted by molar-refractivity contribution is 5.76. The largest absolute Gasteiger partial charge is 0.394 e. The molecule has 7 atom stereocenters. The van der Waals surface area contributed by atoms with Gasteiger partial charge in [0.25, 0.3) is 0 Å². The van der Waals surface area contributed by atoms with E-state index in [1.807, 2.05) is 6.08 Å². The molecule has 0 bridgehead atoms.